The van der Waals surface area contributed by atoms with E-state index in [1.807, 2.05) is 23.6 Å². The van der Waals surface area contributed by atoms with Gasteiger partial charge in [0.2, 0.25) is 5.91 Å². The van der Waals surface area contributed by atoms with Crippen molar-refractivity contribution in [2.75, 3.05) is 44.6 Å². The number of benzene rings is 1. The van der Waals surface area contributed by atoms with E-state index in [-0.39, 0.29) is 18.2 Å². The van der Waals surface area contributed by atoms with Gasteiger partial charge in [-0.1, -0.05) is 25.1 Å². The van der Waals surface area contributed by atoms with E-state index in [0.717, 1.165) is 45.0 Å². The third-order valence-corrected chi connectivity index (χ3v) is 5.81. The topological polar surface area (TPSA) is 64.7 Å². The lowest BCUT2D eigenvalue weighted by Gasteiger charge is -2.34. The molecule has 2 amide bonds. The Morgan fingerprint density at radius 1 is 1.04 bits per heavy atom. The lowest BCUT2D eigenvalue weighted by Crippen LogP contribution is -2.45. The Labute approximate surface area is 170 Å². The molecule has 1 aliphatic heterocycles. The Morgan fingerprint density at radius 3 is 2.39 bits per heavy atom. The molecular weight excluding hydrogens is 372 g/mol. The van der Waals surface area contributed by atoms with E-state index >= 15 is 0 Å². The largest absolute Gasteiger partial charge is 0.351 e. The van der Waals surface area contributed by atoms with Gasteiger partial charge in [-0.05, 0) is 35.7 Å². The van der Waals surface area contributed by atoms with Crippen LogP contribution in [0.1, 0.15) is 28.6 Å². The molecule has 0 radical (unpaired) electrons. The van der Waals surface area contributed by atoms with E-state index < -0.39 is 0 Å². The molecule has 1 aromatic heterocycles. The lowest BCUT2D eigenvalue weighted by molar-refractivity contribution is -0.116. The predicted octanol–water partition coefficient (Wildman–Crippen LogP) is 2.64. The zero-order valence-electron chi connectivity index (χ0n) is 16.3. The van der Waals surface area contributed by atoms with Crippen molar-refractivity contribution in [1.82, 2.24) is 15.1 Å². The molecule has 3 rings (SSSR count). The van der Waals surface area contributed by atoms with E-state index in [0.29, 0.717) is 11.4 Å². The molecule has 1 aliphatic rings. The van der Waals surface area contributed by atoms with E-state index in [9.17, 15) is 9.59 Å². The fourth-order valence-electron chi connectivity index (χ4n) is 3.22. The summed E-state index contributed by atoms with van der Waals surface area (Å²) in [6, 6.07) is 11.6. The third kappa shape index (κ3) is 6.15. The number of carbonyl (C=O) groups is 2. The number of anilines is 1. The van der Waals surface area contributed by atoms with E-state index in [1.165, 1.54) is 16.9 Å². The van der Waals surface area contributed by atoms with Gasteiger partial charge in [-0.2, -0.15) is 0 Å². The van der Waals surface area contributed by atoms with Crippen LogP contribution in [0, 0.1) is 0 Å². The number of likely N-dealkylation sites (N-methyl/N-ethyl adjacent to an activating group) is 1. The minimum atomic E-state index is -0.132. The molecule has 1 saturated heterocycles. The first-order chi connectivity index (χ1) is 13.6. The third-order valence-electron chi connectivity index (χ3n) is 4.94. The minimum Gasteiger partial charge on any atom is -0.351 e. The van der Waals surface area contributed by atoms with E-state index in [4.69, 9.17) is 0 Å². The second kappa shape index (κ2) is 10.4. The maximum atomic E-state index is 12.1. The van der Waals surface area contributed by atoms with Gasteiger partial charge >= 0.3 is 0 Å². The highest BCUT2D eigenvalue weighted by Crippen LogP contribution is 2.13. The van der Waals surface area contributed by atoms with Crippen LogP contribution in [-0.4, -0.2) is 60.9 Å². The molecule has 1 aromatic carbocycles. The van der Waals surface area contributed by atoms with Crippen molar-refractivity contribution in [3.8, 4) is 0 Å². The van der Waals surface area contributed by atoms with Crippen LogP contribution in [0.4, 0.5) is 5.69 Å². The Kier molecular flexibility index (Phi) is 7.59. The maximum Gasteiger partial charge on any atom is 0.261 e. The summed E-state index contributed by atoms with van der Waals surface area (Å²) in [5, 5.41) is 7.51. The van der Waals surface area contributed by atoms with Gasteiger partial charge in [-0.3, -0.25) is 14.5 Å². The molecule has 0 unspecified atom stereocenters. The number of carbonyl (C=O) groups excluding carboxylic acids is 2. The van der Waals surface area contributed by atoms with Crippen molar-refractivity contribution in [2.45, 2.75) is 19.9 Å². The molecule has 0 aliphatic carbocycles. The van der Waals surface area contributed by atoms with Crippen molar-refractivity contribution in [2.24, 2.45) is 0 Å². The molecule has 0 saturated carbocycles. The summed E-state index contributed by atoms with van der Waals surface area (Å²) in [6.07, 6.45) is 0.251. The molecule has 28 heavy (non-hydrogen) atoms. The summed E-state index contributed by atoms with van der Waals surface area (Å²) in [5.41, 5.74) is 2.04. The van der Waals surface area contributed by atoms with Crippen LogP contribution in [0.5, 0.6) is 0 Å². The van der Waals surface area contributed by atoms with Crippen LogP contribution in [-0.2, 0) is 11.3 Å². The zero-order chi connectivity index (χ0) is 19.8. The second-order valence-electron chi connectivity index (χ2n) is 6.94. The average molecular weight is 401 g/mol. The minimum absolute atomic E-state index is 0.102. The van der Waals surface area contributed by atoms with Crippen molar-refractivity contribution in [3.63, 3.8) is 0 Å². The van der Waals surface area contributed by atoms with Gasteiger partial charge in [-0.15, -0.1) is 11.3 Å². The first-order valence-electron chi connectivity index (χ1n) is 9.79. The number of thiophene rings is 1. The van der Waals surface area contributed by atoms with Gasteiger partial charge < -0.3 is 15.5 Å². The Hall–Kier alpha value is -2.22. The number of piperazine rings is 1. The molecule has 0 atom stereocenters. The highest BCUT2D eigenvalue weighted by Gasteiger charge is 2.15. The highest BCUT2D eigenvalue weighted by molar-refractivity contribution is 7.12. The van der Waals surface area contributed by atoms with Crippen molar-refractivity contribution in [1.29, 1.82) is 0 Å². The van der Waals surface area contributed by atoms with Crippen LogP contribution in [0.15, 0.2) is 41.8 Å². The SMILES string of the molecule is CCN1CCN(Cc2ccc(NC(=O)CCNC(=O)c3cccs3)cc2)CC1. The number of rotatable bonds is 8. The van der Waals surface area contributed by atoms with Gasteiger partial charge in [0.1, 0.15) is 0 Å². The molecule has 2 heterocycles. The summed E-state index contributed by atoms with van der Waals surface area (Å²) in [6.45, 7) is 9.07. The first kappa shape index (κ1) is 20.5. The summed E-state index contributed by atoms with van der Waals surface area (Å²) < 4.78 is 0. The normalized spacial score (nSPS) is 15.3. The predicted molar refractivity (Wildman–Crippen MR) is 114 cm³/mol. The number of hydrogen-bond acceptors (Lipinski definition) is 5. The molecule has 0 spiro atoms. The number of hydrogen-bond donors (Lipinski definition) is 2. The Morgan fingerprint density at radius 2 is 1.75 bits per heavy atom. The van der Waals surface area contributed by atoms with Crippen LogP contribution >= 0.6 is 11.3 Å². The van der Waals surface area contributed by atoms with Gasteiger partial charge in [0.15, 0.2) is 0 Å². The van der Waals surface area contributed by atoms with Crippen molar-refractivity contribution < 1.29 is 9.59 Å². The Bertz CT molecular complexity index is 753. The molecule has 0 bridgehead atoms. The standard InChI is InChI=1S/C21H28N4O2S/c1-2-24-11-13-25(14-12-24)16-17-5-7-18(8-6-17)23-20(26)9-10-22-21(27)19-4-3-15-28-19/h3-8,15H,2,9-14,16H2,1H3,(H,22,27)(H,23,26). The van der Waals surface area contributed by atoms with E-state index in [1.54, 1.807) is 6.07 Å². The average Bonchev–Trinajstić information content (AvgIpc) is 3.25. The van der Waals surface area contributed by atoms with Crippen LogP contribution in [0.3, 0.4) is 0 Å². The molecule has 150 valence electrons. The summed E-state index contributed by atoms with van der Waals surface area (Å²) in [7, 11) is 0. The van der Waals surface area contributed by atoms with Crippen molar-refractivity contribution in [3.05, 3.63) is 52.2 Å². The Balaban J connectivity index is 1.37. The second-order valence-corrected chi connectivity index (χ2v) is 7.89. The van der Waals surface area contributed by atoms with Crippen LogP contribution < -0.4 is 10.6 Å². The van der Waals surface area contributed by atoms with Gasteiger partial charge in [0, 0.05) is 51.4 Å². The summed E-state index contributed by atoms with van der Waals surface area (Å²) in [5.74, 6) is -0.234. The van der Waals surface area contributed by atoms with Gasteiger partial charge in [0.05, 0.1) is 4.88 Å². The molecular formula is C21H28N4O2S. The quantitative estimate of drug-likeness (QED) is 0.715. The van der Waals surface area contributed by atoms with Gasteiger partial charge in [0.25, 0.3) is 5.91 Å². The number of nitrogens with zero attached hydrogens (tertiary/aromatic N) is 2. The van der Waals surface area contributed by atoms with Crippen LogP contribution in [0.2, 0.25) is 0 Å². The number of nitrogens with one attached hydrogen (secondary N) is 2. The maximum absolute atomic E-state index is 12.1. The molecule has 1 fully saturated rings. The molecule has 2 N–H and O–H groups in total. The highest BCUT2D eigenvalue weighted by atomic mass is 32.1. The molecule has 7 heteroatoms. The molecule has 2 aromatic rings. The smallest absolute Gasteiger partial charge is 0.261 e. The van der Waals surface area contributed by atoms with Crippen molar-refractivity contribution >= 4 is 28.8 Å². The van der Waals surface area contributed by atoms with Gasteiger partial charge in [-0.25, -0.2) is 0 Å². The monoisotopic (exact) mass is 400 g/mol. The zero-order valence-corrected chi connectivity index (χ0v) is 17.1. The molecule has 6 nitrogen and oxygen atoms in total. The first-order valence-corrected chi connectivity index (χ1v) is 10.7. The fraction of sp³-hybridized carbons (Fsp3) is 0.429. The van der Waals surface area contributed by atoms with E-state index in [2.05, 4.69) is 39.5 Å². The summed E-state index contributed by atoms with van der Waals surface area (Å²) in [4.78, 5) is 29.5. The van der Waals surface area contributed by atoms with Crippen LogP contribution in [0.25, 0.3) is 0 Å². The fourth-order valence-corrected chi connectivity index (χ4v) is 3.86. The number of amides is 2. The summed E-state index contributed by atoms with van der Waals surface area (Å²) >= 11 is 1.39. The lowest BCUT2D eigenvalue weighted by atomic mass is 10.1.